The fourth-order valence-corrected chi connectivity index (χ4v) is 11.7. The van der Waals surface area contributed by atoms with Crippen LogP contribution in [-0.2, 0) is 15.7 Å². The third-order valence-corrected chi connectivity index (χ3v) is 15.5. The molecule has 3 heteroatoms. The first-order chi connectivity index (χ1) is 26.1. The lowest BCUT2D eigenvalue weighted by molar-refractivity contribution is -0.309. The van der Waals surface area contributed by atoms with E-state index in [0.717, 1.165) is 37.2 Å². The number of carbonyl (C=O) groups excluding carboxylic acids is 1. The average molecular weight is 765 g/mol. The maximum atomic E-state index is 13.5. The van der Waals surface area contributed by atoms with Crippen molar-refractivity contribution in [3.8, 4) is 0 Å². The molecule has 0 aromatic rings. The van der Waals surface area contributed by atoms with E-state index in [1.54, 1.807) is 0 Å². The van der Waals surface area contributed by atoms with Crippen molar-refractivity contribution in [3.63, 3.8) is 0 Å². The van der Waals surface area contributed by atoms with Gasteiger partial charge in [0.25, 0.3) is 0 Å². The minimum atomic E-state index is -0.674. The van der Waals surface area contributed by atoms with Crippen molar-refractivity contribution in [1.82, 2.24) is 0 Å². The number of unbranched alkanes of at least 4 members (excludes halogenated alkanes) is 36. The fraction of sp³-hybridized carbons (Fsp3) is 0.980. The molecule has 0 unspecified atom stereocenters. The molecule has 53 heavy (non-hydrogen) atoms. The van der Waals surface area contributed by atoms with Crippen LogP contribution in [0.1, 0.15) is 297 Å². The lowest BCUT2D eigenvalue weighted by Crippen LogP contribution is -2.55. The van der Waals surface area contributed by atoms with Gasteiger partial charge in [0, 0.05) is 12.8 Å². The molecule has 0 atom stereocenters. The zero-order valence-electron chi connectivity index (χ0n) is 37.3. The molecule has 0 aliphatic heterocycles. The molecule has 0 fully saturated rings. The molecule has 0 aromatic heterocycles. The smallest absolute Gasteiger partial charge is 0.167 e. The molecule has 0 aliphatic carbocycles. The molecule has 0 bridgehead atoms. The second-order valence-corrected chi connectivity index (χ2v) is 20.0. The van der Waals surface area contributed by atoms with E-state index >= 15 is 0 Å². The van der Waals surface area contributed by atoms with Crippen LogP contribution in [0.5, 0.6) is 0 Å². The van der Waals surface area contributed by atoms with Gasteiger partial charge in [0.05, 0.1) is 5.97 Å². The maximum Gasteiger partial charge on any atom is 0.167 e. The van der Waals surface area contributed by atoms with Crippen molar-refractivity contribution in [1.29, 1.82) is 0 Å². The van der Waals surface area contributed by atoms with Crippen molar-refractivity contribution >= 4 is 16.9 Å². The Balaban J connectivity index is 5.31. The highest BCUT2D eigenvalue weighted by molar-refractivity contribution is 7.98. The summed E-state index contributed by atoms with van der Waals surface area (Å²) in [6.45, 7) is 9.19. The van der Waals surface area contributed by atoms with Crippen molar-refractivity contribution in [3.05, 3.63) is 0 Å². The molecule has 0 N–H and O–H groups in total. The molecule has 0 saturated heterocycles. The van der Waals surface area contributed by atoms with Crippen LogP contribution in [0, 0.1) is 0 Å². The first-order valence-corrected chi connectivity index (χ1v) is 26.5. The van der Waals surface area contributed by atoms with Crippen molar-refractivity contribution in [2.75, 3.05) is 11.5 Å². The molecule has 0 amide bonds. The van der Waals surface area contributed by atoms with Gasteiger partial charge in [0.1, 0.15) is 11.5 Å². The number of carbonyl (C=O) groups is 1. The Morgan fingerprint density at radius 1 is 0.321 bits per heavy atom. The molecule has 0 rings (SSSR count). The molecular formula is C50H100O2S. The normalized spacial score (nSPS) is 12.0. The Morgan fingerprint density at radius 2 is 0.509 bits per heavy atom. The van der Waals surface area contributed by atoms with Gasteiger partial charge < -0.3 is 9.90 Å². The zero-order chi connectivity index (χ0) is 38.8. The van der Waals surface area contributed by atoms with E-state index in [1.807, 2.05) is 0 Å². The van der Waals surface area contributed by atoms with Gasteiger partial charge in [0.2, 0.25) is 0 Å². The van der Waals surface area contributed by atoms with Gasteiger partial charge in [-0.05, 0) is 49.4 Å². The number of carboxylic acids is 1. The first kappa shape index (κ1) is 52.8. The predicted octanol–water partition coefficient (Wildman–Crippen LogP) is 16.6. The molecule has 0 spiro atoms. The topological polar surface area (TPSA) is 40.1 Å². The Kier molecular flexibility index (Phi) is 42.8. The molecule has 318 valence electrons. The van der Waals surface area contributed by atoms with Crippen molar-refractivity contribution < 1.29 is 9.90 Å². The van der Waals surface area contributed by atoms with Gasteiger partial charge in [-0.15, -0.1) is 0 Å². The van der Waals surface area contributed by atoms with Crippen LogP contribution < -0.4 is 5.11 Å². The van der Waals surface area contributed by atoms with Crippen LogP contribution in [0.25, 0.3) is 0 Å². The molecule has 2 nitrogen and oxygen atoms in total. The molecular weight excluding hydrogens is 665 g/mol. The number of hydrogen-bond donors (Lipinski definition) is 0. The highest BCUT2D eigenvalue weighted by Gasteiger charge is 2.47. The third-order valence-electron chi connectivity index (χ3n) is 12.3. The van der Waals surface area contributed by atoms with E-state index in [-0.39, 0.29) is 10.9 Å². The molecule has 0 aliphatic rings. The first-order valence-electron chi connectivity index (χ1n) is 25.0. The Morgan fingerprint density at radius 3 is 0.717 bits per heavy atom. The zero-order valence-corrected chi connectivity index (χ0v) is 38.2. The summed E-state index contributed by atoms with van der Waals surface area (Å²) >= 11 is 0. The monoisotopic (exact) mass is 765 g/mol. The summed E-state index contributed by atoms with van der Waals surface area (Å²) in [7, 11) is -0.0656. The Bertz CT molecular complexity index is 660. The number of aliphatic carboxylic acids is 1. The summed E-state index contributed by atoms with van der Waals surface area (Å²) in [6.07, 6.45) is 55.0. The Hall–Kier alpha value is -0.180. The maximum absolute atomic E-state index is 13.5. The van der Waals surface area contributed by atoms with E-state index in [4.69, 9.17) is 0 Å². The highest BCUT2D eigenvalue weighted by atomic mass is 32.2. The summed E-state index contributed by atoms with van der Waals surface area (Å²) < 4.78 is -0.584. The van der Waals surface area contributed by atoms with Crippen LogP contribution >= 0.6 is 0 Å². The second-order valence-electron chi connectivity index (χ2n) is 17.4. The van der Waals surface area contributed by atoms with Crippen LogP contribution in [0.3, 0.4) is 0 Å². The van der Waals surface area contributed by atoms with Crippen LogP contribution in [0.2, 0.25) is 0 Å². The van der Waals surface area contributed by atoms with Gasteiger partial charge in [-0.2, -0.15) is 0 Å². The second kappa shape index (κ2) is 43.0. The van der Waals surface area contributed by atoms with E-state index < -0.39 is 10.7 Å². The minimum absolute atomic E-state index is 0.0656. The highest BCUT2D eigenvalue weighted by Crippen LogP contribution is 2.35. The van der Waals surface area contributed by atoms with Gasteiger partial charge >= 0.3 is 0 Å². The lowest BCUT2D eigenvalue weighted by atomic mass is 9.93. The largest absolute Gasteiger partial charge is 0.544 e. The molecule has 0 radical (unpaired) electrons. The third kappa shape index (κ3) is 33.7. The number of rotatable bonds is 46. The quantitative estimate of drug-likeness (QED) is 0.0457. The van der Waals surface area contributed by atoms with Crippen LogP contribution in [0.15, 0.2) is 0 Å². The summed E-state index contributed by atoms with van der Waals surface area (Å²) in [5.41, 5.74) is 0. The summed E-state index contributed by atoms with van der Waals surface area (Å²) in [6, 6.07) is 0. The van der Waals surface area contributed by atoms with Gasteiger partial charge in [-0.1, -0.05) is 246 Å². The molecule has 0 saturated carbocycles. The number of carboxylic acid groups (broad SMARTS) is 1. The minimum Gasteiger partial charge on any atom is -0.544 e. The van der Waals surface area contributed by atoms with Crippen LogP contribution in [-0.4, -0.2) is 22.2 Å². The van der Waals surface area contributed by atoms with Gasteiger partial charge in [-0.3, -0.25) is 0 Å². The van der Waals surface area contributed by atoms with Gasteiger partial charge in [0.15, 0.2) is 4.75 Å². The Labute approximate surface area is 339 Å². The SMILES string of the molecule is CCCCCCCCCCCC[S+](CCCCCCCCCCCC)C(CCCCCCCCCCCC)(CCCCCCCCCCCC)C(=O)[O-]. The summed E-state index contributed by atoms with van der Waals surface area (Å²) in [4.78, 5) is 13.5. The van der Waals surface area contributed by atoms with E-state index in [1.165, 1.54) is 244 Å². The predicted molar refractivity (Wildman–Crippen MR) is 241 cm³/mol. The lowest BCUT2D eigenvalue weighted by Gasteiger charge is -2.35. The standard InChI is InChI=1S/C50H100O2S/c1-5-9-13-17-21-25-29-33-37-41-45-50(49(51)52,46-42-38-34-30-26-22-18-14-10-6-2)53(47-43-39-35-31-27-23-19-15-11-7-3)48-44-40-36-32-28-24-20-16-12-8-4/h5-48H2,1-4H3. The number of hydrogen-bond acceptors (Lipinski definition) is 2. The summed E-state index contributed by atoms with van der Waals surface area (Å²) in [5, 5.41) is 13.5. The molecule has 0 heterocycles. The van der Waals surface area contributed by atoms with E-state index in [2.05, 4.69) is 27.7 Å². The van der Waals surface area contributed by atoms with Crippen LogP contribution in [0.4, 0.5) is 0 Å². The fourth-order valence-electron chi connectivity index (χ4n) is 8.55. The van der Waals surface area contributed by atoms with E-state index in [9.17, 15) is 9.90 Å². The van der Waals surface area contributed by atoms with Crippen molar-refractivity contribution in [2.24, 2.45) is 0 Å². The molecule has 0 aromatic carbocycles. The van der Waals surface area contributed by atoms with Crippen molar-refractivity contribution in [2.45, 2.75) is 302 Å². The van der Waals surface area contributed by atoms with Gasteiger partial charge in [-0.25, -0.2) is 0 Å². The summed E-state index contributed by atoms with van der Waals surface area (Å²) in [5.74, 6) is 1.60. The average Bonchev–Trinajstić information content (AvgIpc) is 3.16. The van der Waals surface area contributed by atoms with E-state index in [0.29, 0.717) is 0 Å².